The fourth-order valence-corrected chi connectivity index (χ4v) is 5.29. The quantitative estimate of drug-likeness (QED) is 0.581. The molecule has 1 amide bonds. The normalized spacial score (nSPS) is 15.5. The third-order valence-electron chi connectivity index (χ3n) is 6.03. The van der Waals surface area contributed by atoms with Gasteiger partial charge < -0.3 is 20.7 Å². The maximum atomic E-state index is 12.9. The Kier molecular flexibility index (Phi) is 6.01. The van der Waals surface area contributed by atoms with Crippen LogP contribution in [0.25, 0.3) is 16.3 Å². The second kappa shape index (κ2) is 8.74. The predicted molar refractivity (Wildman–Crippen MR) is 129 cm³/mol. The molecule has 4 rings (SSSR count). The molecule has 0 bridgehead atoms. The number of aryl methyl sites for hydroxylation is 1. The van der Waals surface area contributed by atoms with Gasteiger partial charge in [0.25, 0.3) is 0 Å². The summed E-state index contributed by atoms with van der Waals surface area (Å²) in [5.74, 6) is 1.64. The number of ether oxygens (including phenoxy) is 1. The Hall–Kier alpha value is -3.20. The molecule has 3 N–H and O–H groups in total. The van der Waals surface area contributed by atoms with Gasteiger partial charge in [-0.25, -0.2) is 9.97 Å². The number of thiophene rings is 1. The summed E-state index contributed by atoms with van der Waals surface area (Å²) >= 11 is 1.64. The molecule has 3 aromatic heterocycles. The standard InChI is InChI=1S/C23H28N6O2S/c1-6-13-9-16(21(31-5)28-19(13)24)27-20-18-15-8-7-14(23(30)29(4)12(2)3)10-17(15)32-22(18)26-11-25-20/h6,9,11-12,14H,1,7-8,10H2,2-5H3,(H2,24,28)(H,25,26,27). The highest BCUT2D eigenvalue weighted by Gasteiger charge is 2.31. The number of nitrogens with zero attached hydrogens (tertiary/aromatic N) is 4. The van der Waals surface area contributed by atoms with Crippen molar-refractivity contribution in [2.45, 2.75) is 39.2 Å². The van der Waals surface area contributed by atoms with Gasteiger partial charge in [0.1, 0.15) is 28.5 Å². The average molecular weight is 453 g/mol. The molecule has 9 heteroatoms. The molecule has 1 aliphatic rings. The fourth-order valence-electron chi connectivity index (χ4n) is 4.02. The molecule has 32 heavy (non-hydrogen) atoms. The van der Waals surface area contributed by atoms with Crippen molar-refractivity contribution >= 4 is 50.9 Å². The first kappa shape index (κ1) is 22.0. The Labute approximate surface area is 191 Å². The molecule has 0 spiro atoms. The lowest BCUT2D eigenvalue weighted by Crippen LogP contribution is -2.39. The van der Waals surface area contributed by atoms with Crippen molar-refractivity contribution in [1.29, 1.82) is 0 Å². The van der Waals surface area contributed by atoms with Crippen molar-refractivity contribution in [3.05, 3.63) is 35.0 Å². The number of pyridine rings is 1. The van der Waals surface area contributed by atoms with E-state index < -0.39 is 0 Å². The number of nitrogen functional groups attached to an aromatic ring is 1. The first-order valence-corrected chi connectivity index (χ1v) is 11.4. The summed E-state index contributed by atoms with van der Waals surface area (Å²) in [5.41, 5.74) is 8.55. The smallest absolute Gasteiger partial charge is 0.239 e. The van der Waals surface area contributed by atoms with E-state index in [1.807, 2.05) is 31.9 Å². The van der Waals surface area contributed by atoms with Crippen LogP contribution in [-0.2, 0) is 17.6 Å². The number of anilines is 3. The Morgan fingerprint density at radius 3 is 2.91 bits per heavy atom. The molecule has 3 heterocycles. The molecule has 8 nitrogen and oxygen atoms in total. The molecule has 0 saturated carbocycles. The van der Waals surface area contributed by atoms with E-state index in [0.29, 0.717) is 28.8 Å². The van der Waals surface area contributed by atoms with Crippen LogP contribution in [0.4, 0.5) is 17.3 Å². The topological polar surface area (TPSA) is 106 Å². The van der Waals surface area contributed by atoms with Crippen molar-refractivity contribution in [3.63, 3.8) is 0 Å². The molecule has 1 aliphatic carbocycles. The number of hydrogen-bond donors (Lipinski definition) is 2. The number of rotatable bonds is 6. The van der Waals surface area contributed by atoms with Crippen LogP contribution in [0.2, 0.25) is 0 Å². The minimum Gasteiger partial charge on any atom is -0.479 e. The van der Waals surface area contributed by atoms with E-state index in [2.05, 4.69) is 26.8 Å². The first-order valence-electron chi connectivity index (χ1n) is 10.6. The maximum Gasteiger partial charge on any atom is 0.239 e. The van der Waals surface area contributed by atoms with Crippen molar-refractivity contribution in [2.24, 2.45) is 5.92 Å². The third kappa shape index (κ3) is 3.88. The Balaban J connectivity index is 1.70. The number of nitrogens with one attached hydrogen (secondary N) is 1. The maximum absolute atomic E-state index is 12.9. The van der Waals surface area contributed by atoms with Crippen LogP contribution in [0.3, 0.4) is 0 Å². The minimum atomic E-state index is 0.00359. The van der Waals surface area contributed by atoms with E-state index in [1.54, 1.807) is 30.8 Å². The molecule has 0 aromatic carbocycles. The van der Waals surface area contributed by atoms with E-state index in [0.717, 1.165) is 29.5 Å². The lowest BCUT2D eigenvalue weighted by Gasteiger charge is -2.29. The van der Waals surface area contributed by atoms with Crippen molar-refractivity contribution in [3.8, 4) is 5.88 Å². The van der Waals surface area contributed by atoms with Crippen LogP contribution in [0.5, 0.6) is 5.88 Å². The van der Waals surface area contributed by atoms with Crippen molar-refractivity contribution < 1.29 is 9.53 Å². The summed E-state index contributed by atoms with van der Waals surface area (Å²) < 4.78 is 5.42. The van der Waals surface area contributed by atoms with Crippen LogP contribution < -0.4 is 15.8 Å². The van der Waals surface area contributed by atoms with Gasteiger partial charge >= 0.3 is 0 Å². The number of nitrogens with two attached hydrogens (primary N) is 1. The molecular formula is C23H28N6O2S. The predicted octanol–water partition coefficient (Wildman–Crippen LogP) is 4.04. The number of hydrogen-bond acceptors (Lipinski definition) is 8. The zero-order valence-corrected chi connectivity index (χ0v) is 19.6. The average Bonchev–Trinajstić information content (AvgIpc) is 3.17. The van der Waals surface area contributed by atoms with E-state index in [9.17, 15) is 4.79 Å². The zero-order chi connectivity index (χ0) is 23.0. The summed E-state index contributed by atoms with van der Waals surface area (Å²) in [6, 6.07) is 2.04. The molecule has 0 fully saturated rings. The van der Waals surface area contributed by atoms with Crippen molar-refractivity contribution in [2.75, 3.05) is 25.2 Å². The molecule has 168 valence electrons. The lowest BCUT2D eigenvalue weighted by molar-refractivity contribution is -0.136. The van der Waals surface area contributed by atoms with E-state index in [-0.39, 0.29) is 17.9 Å². The fraction of sp³-hybridized carbons (Fsp3) is 0.391. The van der Waals surface area contributed by atoms with Crippen LogP contribution >= 0.6 is 11.3 Å². The van der Waals surface area contributed by atoms with E-state index >= 15 is 0 Å². The first-order chi connectivity index (χ1) is 15.3. The van der Waals surface area contributed by atoms with Gasteiger partial charge in [0.05, 0.1) is 12.5 Å². The van der Waals surface area contributed by atoms with Crippen LogP contribution in [0.1, 0.15) is 36.3 Å². The van der Waals surface area contributed by atoms with Gasteiger partial charge in [-0.2, -0.15) is 4.98 Å². The summed E-state index contributed by atoms with van der Waals surface area (Å²) in [5, 5.41) is 4.36. The van der Waals surface area contributed by atoms with Crippen LogP contribution in [-0.4, -0.2) is 46.0 Å². The van der Waals surface area contributed by atoms with Gasteiger partial charge in [-0.3, -0.25) is 4.79 Å². The van der Waals surface area contributed by atoms with Gasteiger partial charge in [-0.05, 0) is 44.7 Å². The number of carbonyl (C=O) groups excluding carboxylic acids is 1. The number of carbonyl (C=O) groups is 1. The number of fused-ring (bicyclic) bond motifs is 3. The summed E-state index contributed by atoms with van der Waals surface area (Å²) in [6.07, 6.45) is 5.57. The molecule has 1 atom stereocenters. The SMILES string of the molecule is C=Cc1cc(Nc2ncnc3sc4c(c23)CCC(C(=O)N(C)C(C)C)C4)c(OC)nc1N. The van der Waals surface area contributed by atoms with E-state index in [1.165, 1.54) is 10.4 Å². The minimum absolute atomic E-state index is 0.00359. The highest BCUT2D eigenvalue weighted by molar-refractivity contribution is 7.19. The number of methoxy groups -OCH3 is 1. The zero-order valence-electron chi connectivity index (χ0n) is 18.8. The Bertz CT molecular complexity index is 1190. The Morgan fingerprint density at radius 1 is 1.44 bits per heavy atom. The second-order valence-corrected chi connectivity index (χ2v) is 9.32. The molecule has 1 unspecified atom stereocenters. The van der Waals surface area contributed by atoms with Gasteiger partial charge in [0.15, 0.2) is 0 Å². The molecule has 0 aliphatic heterocycles. The van der Waals surface area contributed by atoms with Gasteiger partial charge in [-0.15, -0.1) is 11.3 Å². The van der Waals surface area contributed by atoms with Gasteiger partial charge in [0, 0.05) is 29.4 Å². The third-order valence-corrected chi connectivity index (χ3v) is 7.19. The molecule has 0 saturated heterocycles. The second-order valence-electron chi connectivity index (χ2n) is 8.24. The highest BCUT2D eigenvalue weighted by Crippen LogP contribution is 2.41. The lowest BCUT2D eigenvalue weighted by atomic mass is 9.86. The molecule has 3 aromatic rings. The summed E-state index contributed by atoms with van der Waals surface area (Å²) in [6.45, 7) is 7.87. The number of aromatic nitrogens is 3. The van der Waals surface area contributed by atoms with E-state index in [4.69, 9.17) is 10.5 Å². The van der Waals surface area contributed by atoms with Crippen LogP contribution in [0.15, 0.2) is 19.0 Å². The number of amides is 1. The highest BCUT2D eigenvalue weighted by atomic mass is 32.1. The van der Waals surface area contributed by atoms with Gasteiger partial charge in [0.2, 0.25) is 11.8 Å². The Morgan fingerprint density at radius 2 is 2.22 bits per heavy atom. The van der Waals surface area contributed by atoms with Gasteiger partial charge in [-0.1, -0.05) is 12.7 Å². The molecular weight excluding hydrogens is 424 g/mol. The van der Waals surface area contributed by atoms with Crippen LogP contribution in [0, 0.1) is 5.92 Å². The summed E-state index contributed by atoms with van der Waals surface area (Å²) in [7, 11) is 3.43. The summed E-state index contributed by atoms with van der Waals surface area (Å²) in [4.78, 5) is 30.2. The largest absolute Gasteiger partial charge is 0.479 e. The molecule has 0 radical (unpaired) electrons. The monoisotopic (exact) mass is 452 g/mol. The van der Waals surface area contributed by atoms with Crippen molar-refractivity contribution in [1.82, 2.24) is 19.9 Å².